The Labute approximate surface area is 214 Å². The lowest BCUT2D eigenvalue weighted by Crippen LogP contribution is -2.38. The maximum Gasteiger partial charge on any atom is 0.255 e. The van der Waals surface area contributed by atoms with Gasteiger partial charge in [-0.2, -0.15) is 5.10 Å². The summed E-state index contributed by atoms with van der Waals surface area (Å²) in [5.41, 5.74) is 4.87. The van der Waals surface area contributed by atoms with Crippen molar-refractivity contribution < 1.29 is 14.7 Å². The van der Waals surface area contributed by atoms with E-state index in [-0.39, 0.29) is 23.8 Å². The number of aromatic nitrogens is 2. The number of aliphatic hydroxyl groups is 1. The summed E-state index contributed by atoms with van der Waals surface area (Å²) < 4.78 is 1.84. The molecular weight excluding hydrogens is 466 g/mol. The number of piperidine rings is 1. The van der Waals surface area contributed by atoms with Crippen LogP contribution in [0.4, 0.5) is 17.1 Å². The fourth-order valence-electron chi connectivity index (χ4n) is 4.81. The number of anilines is 3. The molecule has 0 bridgehead atoms. The zero-order valence-electron chi connectivity index (χ0n) is 20.4. The molecule has 4 aromatic rings. The van der Waals surface area contributed by atoms with Crippen LogP contribution in [0.1, 0.15) is 36.0 Å². The molecule has 8 nitrogen and oxygen atoms in total. The first kappa shape index (κ1) is 23.2. The summed E-state index contributed by atoms with van der Waals surface area (Å²) in [7, 11) is 0. The van der Waals surface area contributed by atoms with Crippen molar-refractivity contribution in [1.29, 1.82) is 0 Å². The van der Waals surface area contributed by atoms with Crippen molar-refractivity contribution in [1.82, 2.24) is 9.78 Å². The number of rotatable bonds is 6. The zero-order chi connectivity index (χ0) is 25.4. The van der Waals surface area contributed by atoms with Gasteiger partial charge in [0.25, 0.3) is 5.91 Å². The highest BCUT2D eigenvalue weighted by molar-refractivity contribution is 6.05. The van der Waals surface area contributed by atoms with Gasteiger partial charge < -0.3 is 20.6 Å². The van der Waals surface area contributed by atoms with Gasteiger partial charge in [-0.05, 0) is 92.4 Å². The maximum atomic E-state index is 12.9. The third-order valence-electron chi connectivity index (χ3n) is 7.04. The van der Waals surface area contributed by atoms with Crippen LogP contribution in [0.5, 0.6) is 0 Å². The van der Waals surface area contributed by atoms with Gasteiger partial charge >= 0.3 is 0 Å². The average Bonchev–Trinajstić information content (AvgIpc) is 3.69. The zero-order valence-corrected chi connectivity index (χ0v) is 20.4. The SMILES string of the molecule is O=C(Nc1ccc2c(cnn2-c2ccc(NC(=O)C3CC3)cc2)c1)c1ccc(N2CCCC(O)C2)cc1. The number of hydrogen-bond donors (Lipinski definition) is 3. The second-order valence-corrected chi connectivity index (χ2v) is 9.88. The molecular formula is C29H29N5O3. The Kier molecular flexibility index (Phi) is 6.10. The third-order valence-corrected chi connectivity index (χ3v) is 7.04. The first-order valence-corrected chi connectivity index (χ1v) is 12.8. The van der Waals surface area contributed by atoms with Gasteiger partial charge in [0.15, 0.2) is 0 Å². The summed E-state index contributed by atoms with van der Waals surface area (Å²) in [6, 6.07) is 20.8. The van der Waals surface area contributed by atoms with E-state index in [1.165, 1.54) is 0 Å². The number of amides is 2. The quantitative estimate of drug-likeness (QED) is 0.363. The topological polar surface area (TPSA) is 99.5 Å². The van der Waals surface area contributed by atoms with E-state index in [1.807, 2.05) is 71.4 Å². The lowest BCUT2D eigenvalue weighted by atomic mass is 10.1. The summed E-state index contributed by atoms with van der Waals surface area (Å²) >= 11 is 0. The summed E-state index contributed by atoms with van der Waals surface area (Å²) in [6.45, 7) is 1.54. The van der Waals surface area contributed by atoms with Crippen LogP contribution in [-0.2, 0) is 4.79 Å². The van der Waals surface area contributed by atoms with Crippen LogP contribution in [0, 0.1) is 5.92 Å². The number of fused-ring (bicyclic) bond motifs is 1. The van der Waals surface area contributed by atoms with E-state index in [2.05, 4.69) is 20.6 Å². The lowest BCUT2D eigenvalue weighted by molar-refractivity contribution is -0.117. The second-order valence-electron chi connectivity index (χ2n) is 9.88. The standard InChI is InChI=1S/C29H29N5O3/c35-26-2-1-15-33(18-26)24-10-5-20(6-11-24)29(37)32-23-9-14-27-21(16-23)17-30-34(27)25-12-7-22(8-13-25)31-28(36)19-3-4-19/h5-14,16-17,19,26,35H,1-4,15,18H2,(H,31,36)(H,32,37). The summed E-state index contributed by atoms with van der Waals surface area (Å²) in [5, 5.41) is 21.3. The molecule has 1 aliphatic heterocycles. The van der Waals surface area contributed by atoms with E-state index in [9.17, 15) is 14.7 Å². The van der Waals surface area contributed by atoms with Gasteiger partial charge in [-0.25, -0.2) is 4.68 Å². The van der Waals surface area contributed by atoms with Crippen molar-refractivity contribution in [3.05, 3.63) is 78.5 Å². The number of carbonyl (C=O) groups excluding carboxylic acids is 2. The average molecular weight is 496 g/mol. The first-order valence-electron chi connectivity index (χ1n) is 12.8. The molecule has 8 heteroatoms. The van der Waals surface area contributed by atoms with Gasteiger partial charge in [-0.3, -0.25) is 9.59 Å². The minimum atomic E-state index is -0.296. The third kappa shape index (κ3) is 5.06. The van der Waals surface area contributed by atoms with Crippen LogP contribution >= 0.6 is 0 Å². The Morgan fingerprint density at radius 1 is 0.865 bits per heavy atom. The largest absolute Gasteiger partial charge is 0.391 e. The number of nitrogens with one attached hydrogen (secondary N) is 2. The lowest BCUT2D eigenvalue weighted by Gasteiger charge is -2.32. The van der Waals surface area contributed by atoms with Gasteiger partial charge in [-0.1, -0.05) is 0 Å². The van der Waals surface area contributed by atoms with Crippen molar-refractivity contribution >= 4 is 39.8 Å². The molecule has 188 valence electrons. The number of hydrogen-bond acceptors (Lipinski definition) is 5. The minimum absolute atomic E-state index is 0.0876. The van der Waals surface area contributed by atoms with Gasteiger partial charge in [0.05, 0.1) is 23.5 Å². The highest BCUT2D eigenvalue weighted by atomic mass is 16.3. The normalized spacial score (nSPS) is 17.5. The van der Waals surface area contributed by atoms with Crippen molar-refractivity contribution in [2.75, 3.05) is 28.6 Å². The predicted octanol–water partition coefficient (Wildman–Crippen LogP) is 4.59. The molecule has 6 rings (SSSR count). The number of aliphatic hydroxyl groups excluding tert-OH is 1. The Bertz CT molecular complexity index is 1440. The van der Waals surface area contributed by atoms with Crippen molar-refractivity contribution in [3.63, 3.8) is 0 Å². The molecule has 1 atom stereocenters. The fourth-order valence-corrected chi connectivity index (χ4v) is 4.81. The highest BCUT2D eigenvalue weighted by Gasteiger charge is 2.29. The summed E-state index contributed by atoms with van der Waals surface area (Å²) in [6.07, 6.45) is 5.23. The molecule has 3 aromatic carbocycles. The highest BCUT2D eigenvalue weighted by Crippen LogP contribution is 2.30. The van der Waals surface area contributed by atoms with Crippen LogP contribution in [0.2, 0.25) is 0 Å². The molecule has 2 aliphatic rings. The van der Waals surface area contributed by atoms with Crippen molar-refractivity contribution in [3.8, 4) is 5.69 Å². The Hall–Kier alpha value is -4.17. The maximum absolute atomic E-state index is 12.9. The molecule has 1 aliphatic carbocycles. The van der Waals surface area contributed by atoms with E-state index in [4.69, 9.17) is 0 Å². The van der Waals surface area contributed by atoms with E-state index >= 15 is 0 Å². The van der Waals surface area contributed by atoms with Crippen molar-refractivity contribution in [2.24, 2.45) is 5.92 Å². The van der Waals surface area contributed by atoms with Crippen LogP contribution in [0.3, 0.4) is 0 Å². The molecule has 0 spiro atoms. The van der Waals surface area contributed by atoms with Gasteiger partial charge in [-0.15, -0.1) is 0 Å². The molecule has 1 aromatic heterocycles. The van der Waals surface area contributed by atoms with E-state index in [0.29, 0.717) is 17.8 Å². The molecule has 3 N–H and O–H groups in total. The number of carbonyl (C=O) groups is 2. The summed E-state index contributed by atoms with van der Waals surface area (Å²) in [5.74, 6) is 0.0730. The van der Waals surface area contributed by atoms with Gasteiger partial charge in [0, 0.05) is 47.0 Å². The minimum Gasteiger partial charge on any atom is -0.391 e. The van der Waals surface area contributed by atoms with Crippen LogP contribution < -0.4 is 15.5 Å². The second kappa shape index (κ2) is 9.71. The predicted molar refractivity (Wildman–Crippen MR) is 144 cm³/mol. The van der Waals surface area contributed by atoms with Crippen LogP contribution in [0.15, 0.2) is 72.9 Å². The van der Waals surface area contributed by atoms with E-state index in [0.717, 1.165) is 60.2 Å². The van der Waals surface area contributed by atoms with Crippen molar-refractivity contribution in [2.45, 2.75) is 31.8 Å². The van der Waals surface area contributed by atoms with Gasteiger partial charge in [0.2, 0.25) is 5.91 Å². The van der Waals surface area contributed by atoms with Crippen LogP contribution in [0.25, 0.3) is 16.6 Å². The molecule has 1 saturated carbocycles. The molecule has 1 unspecified atom stereocenters. The fraction of sp³-hybridized carbons (Fsp3) is 0.276. The molecule has 1 saturated heterocycles. The molecule has 2 amide bonds. The molecule has 0 radical (unpaired) electrons. The first-order chi connectivity index (χ1) is 18.0. The smallest absolute Gasteiger partial charge is 0.255 e. The summed E-state index contributed by atoms with van der Waals surface area (Å²) in [4.78, 5) is 27.0. The van der Waals surface area contributed by atoms with Crippen LogP contribution in [-0.4, -0.2) is 45.9 Å². The monoisotopic (exact) mass is 495 g/mol. The molecule has 2 heterocycles. The molecule has 37 heavy (non-hydrogen) atoms. The Morgan fingerprint density at radius 3 is 2.32 bits per heavy atom. The van der Waals surface area contributed by atoms with Gasteiger partial charge in [0.1, 0.15) is 0 Å². The molecule has 2 fully saturated rings. The Morgan fingerprint density at radius 2 is 1.59 bits per heavy atom. The van der Waals surface area contributed by atoms with E-state index < -0.39 is 0 Å². The van der Waals surface area contributed by atoms with E-state index in [1.54, 1.807) is 6.20 Å². The Balaban J connectivity index is 1.13. The number of β-amino-alcohol motifs (C(OH)–C–C–N with tert-alkyl or cyclic N) is 1. The number of nitrogens with zero attached hydrogens (tertiary/aromatic N) is 3. The number of benzene rings is 3.